The second-order valence-corrected chi connectivity index (χ2v) is 5.95. The topological polar surface area (TPSA) is 84.2 Å². The van der Waals surface area contributed by atoms with Crippen LogP contribution in [0.3, 0.4) is 0 Å². The first kappa shape index (κ1) is 14.7. The van der Waals surface area contributed by atoms with Crippen molar-refractivity contribution in [1.82, 2.24) is 30.2 Å². The molecule has 0 unspecified atom stereocenters. The van der Waals surface area contributed by atoms with Gasteiger partial charge < -0.3 is 10.6 Å². The summed E-state index contributed by atoms with van der Waals surface area (Å²) in [5.74, 6) is 1.26. The molecular formula is C15H22N6O. The summed E-state index contributed by atoms with van der Waals surface area (Å²) >= 11 is 0. The fourth-order valence-electron chi connectivity index (χ4n) is 3.05. The van der Waals surface area contributed by atoms with Crippen molar-refractivity contribution in [3.8, 4) is 0 Å². The van der Waals surface area contributed by atoms with Crippen LogP contribution in [0.5, 0.6) is 0 Å². The van der Waals surface area contributed by atoms with E-state index in [9.17, 15) is 4.79 Å². The monoisotopic (exact) mass is 302 g/mol. The van der Waals surface area contributed by atoms with E-state index in [1.165, 1.54) is 19.3 Å². The molecule has 0 aromatic carbocycles. The molecule has 2 aromatic rings. The third-order valence-electron chi connectivity index (χ3n) is 4.11. The van der Waals surface area contributed by atoms with Gasteiger partial charge in [0.2, 0.25) is 0 Å². The maximum atomic E-state index is 12.0. The average Bonchev–Trinajstić information content (AvgIpc) is 2.89. The van der Waals surface area contributed by atoms with Crippen molar-refractivity contribution in [2.45, 2.75) is 58.5 Å². The van der Waals surface area contributed by atoms with E-state index in [1.54, 1.807) is 0 Å². The largest absolute Gasteiger partial charge is 0.335 e. The molecule has 3 rings (SSSR count). The van der Waals surface area contributed by atoms with E-state index >= 15 is 0 Å². The predicted octanol–water partition coefficient (Wildman–Crippen LogP) is 1.87. The molecule has 1 aliphatic carbocycles. The zero-order valence-corrected chi connectivity index (χ0v) is 13.1. The molecule has 0 aliphatic heterocycles. The Hall–Kier alpha value is -2.18. The second-order valence-electron chi connectivity index (χ2n) is 5.95. The van der Waals surface area contributed by atoms with E-state index in [2.05, 4.69) is 25.8 Å². The summed E-state index contributed by atoms with van der Waals surface area (Å²) in [4.78, 5) is 16.3. The number of aryl methyl sites for hydroxylation is 2. The number of nitrogens with one attached hydrogen (secondary N) is 2. The number of amides is 2. The van der Waals surface area contributed by atoms with Crippen molar-refractivity contribution >= 4 is 11.8 Å². The van der Waals surface area contributed by atoms with Crippen molar-refractivity contribution in [3.05, 3.63) is 23.3 Å². The van der Waals surface area contributed by atoms with Crippen LogP contribution in [0.1, 0.15) is 49.3 Å². The fourth-order valence-corrected chi connectivity index (χ4v) is 3.05. The van der Waals surface area contributed by atoms with Gasteiger partial charge in [-0.15, -0.1) is 10.2 Å². The molecule has 7 nitrogen and oxygen atoms in total. The van der Waals surface area contributed by atoms with Gasteiger partial charge in [0.15, 0.2) is 5.82 Å². The van der Waals surface area contributed by atoms with Gasteiger partial charge in [0.25, 0.3) is 5.78 Å². The third kappa shape index (κ3) is 3.18. The van der Waals surface area contributed by atoms with Crippen molar-refractivity contribution < 1.29 is 4.79 Å². The van der Waals surface area contributed by atoms with Gasteiger partial charge in [-0.05, 0) is 32.8 Å². The van der Waals surface area contributed by atoms with Crippen LogP contribution in [0.4, 0.5) is 4.79 Å². The molecule has 0 spiro atoms. The summed E-state index contributed by atoms with van der Waals surface area (Å²) in [6, 6.07) is 2.14. The Morgan fingerprint density at radius 2 is 2.05 bits per heavy atom. The Kier molecular flexibility index (Phi) is 4.22. The Morgan fingerprint density at radius 3 is 2.82 bits per heavy atom. The number of carbonyl (C=O) groups is 1. The SMILES string of the molecule is Cc1cc(C)n2c(CNC(=O)NC3CCCCC3)nnc2n1. The number of fused-ring (bicyclic) bond motifs is 1. The number of hydrogen-bond donors (Lipinski definition) is 2. The van der Waals surface area contributed by atoms with Crippen molar-refractivity contribution in [1.29, 1.82) is 0 Å². The lowest BCUT2D eigenvalue weighted by Crippen LogP contribution is -2.42. The molecule has 1 aliphatic rings. The zero-order valence-electron chi connectivity index (χ0n) is 13.1. The molecule has 118 valence electrons. The Bertz CT molecular complexity index is 674. The van der Waals surface area contributed by atoms with E-state index < -0.39 is 0 Å². The Balaban J connectivity index is 1.62. The van der Waals surface area contributed by atoms with E-state index in [0.29, 0.717) is 24.2 Å². The van der Waals surface area contributed by atoms with Crippen molar-refractivity contribution in [2.75, 3.05) is 0 Å². The molecule has 0 radical (unpaired) electrons. The van der Waals surface area contributed by atoms with Gasteiger partial charge in [0, 0.05) is 17.4 Å². The molecule has 1 saturated carbocycles. The van der Waals surface area contributed by atoms with E-state index in [-0.39, 0.29) is 6.03 Å². The summed E-state index contributed by atoms with van der Waals surface area (Å²) in [6.07, 6.45) is 5.82. The van der Waals surface area contributed by atoms with E-state index in [0.717, 1.165) is 24.2 Å². The third-order valence-corrected chi connectivity index (χ3v) is 4.11. The molecule has 2 heterocycles. The maximum absolute atomic E-state index is 12.0. The normalized spacial score (nSPS) is 15.9. The summed E-state index contributed by atoms with van der Waals surface area (Å²) in [5, 5.41) is 14.1. The van der Waals surface area contributed by atoms with Gasteiger partial charge in [-0.25, -0.2) is 9.78 Å². The molecule has 0 bridgehead atoms. The fraction of sp³-hybridized carbons (Fsp3) is 0.600. The molecule has 2 aromatic heterocycles. The van der Waals surface area contributed by atoms with Crippen molar-refractivity contribution in [2.24, 2.45) is 0 Å². The molecule has 22 heavy (non-hydrogen) atoms. The minimum Gasteiger partial charge on any atom is -0.335 e. The van der Waals surface area contributed by atoms with Gasteiger partial charge in [0.1, 0.15) is 0 Å². The molecule has 0 atom stereocenters. The van der Waals surface area contributed by atoms with Crippen LogP contribution in [-0.4, -0.2) is 31.7 Å². The molecule has 2 amide bonds. The highest BCUT2D eigenvalue weighted by molar-refractivity contribution is 5.74. The van der Waals surface area contributed by atoms with Gasteiger partial charge in [-0.1, -0.05) is 19.3 Å². The number of nitrogens with zero attached hydrogens (tertiary/aromatic N) is 4. The first-order chi connectivity index (χ1) is 10.6. The van der Waals surface area contributed by atoms with Crippen LogP contribution in [0.25, 0.3) is 5.78 Å². The summed E-state index contributed by atoms with van der Waals surface area (Å²) < 4.78 is 1.87. The van der Waals surface area contributed by atoms with Crippen molar-refractivity contribution in [3.63, 3.8) is 0 Å². The highest BCUT2D eigenvalue weighted by atomic mass is 16.2. The highest BCUT2D eigenvalue weighted by Crippen LogP contribution is 2.17. The number of urea groups is 1. The first-order valence-electron chi connectivity index (χ1n) is 7.86. The number of rotatable bonds is 3. The number of hydrogen-bond acceptors (Lipinski definition) is 4. The highest BCUT2D eigenvalue weighted by Gasteiger charge is 2.16. The summed E-state index contributed by atoms with van der Waals surface area (Å²) in [6.45, 7) is 4.25. The summed E-state index contributed by atoms with van der Waals surface area (Å²) in [7, 11) is 0. The lowest BCUT2D eigenvalue weighted by Gasteiger charge is -2.22. The quantitative estimate of drug-likeness (QED) is 0.906. The molecule has 0 saturated heterocycles. The van der Waals surface area contributed by atoms with Crippen LogP contribution in [0, 0.1) is 13.8 Å². The van der Waals surface area contributed by atoms with Crippen LogP contribution in [0.15, 0.2) is 6.07 Å². The van der Waals surface area contributed by atoms with Gasteiger partial charge in [-0.3, -0.25) is 4.40 Å². The van der Waals surface area contributed by atoms with Crippen LogP contribution >= 0.6 is 0 Å². The Labute approximate surface area is 129 Å². The minimum absolute atomic E-state index is 0.138. The average molecular weight is 302 g/mol. The zero-order chi connectivity index (χ0) is 15.5. The van der Waals surface area contributed by atoms with Crippen LogP contribution in [0.2, 0.25) is 0 Å². The smallest absolute Gasteiger partial charge is 0.315 e. The minimum atomic E-state index is -0.138. The molecular weight excluding hydrogens is 280 g/mol. The van der Waals surface area contributed by atoms with E-state index in [1.807, 2.05) is 24.3 Å². The van der Waals surface area contributed by atoms with Gasteiger partial charge >= 0.3 is 6.03 Å². The summed E-state index contributed by atoms with van der Waals surface area (Å²) in [5.41, 5.74) is 1.92. The second kappa shape index (κ2) is 6.29. The first-order valence-corrected chi connectivity index (χ1v) is 7.86. The van der Waals surface area contributed by atoms with Crippen LogP contribution < -0.4 is 10.6 Å². The molecule has 1 fully saturated rings. The maximum Gasteiger partial charge on any atom is 0.315 e. The van der Waals surface area contributed by atoms with Gasteiger partial charge in [0.05, 0.1) is 6.54 Å². The number of carbonyl (C=O) groups excluding carboxylic acids is 1. The molecule has 7 heteroatoms. The predicted molar refractivity (Wildman–Crippen MR) is 82.5 cm³/mol. The van der Waals surface area contributed by atoms with Crippen LogP contribution in [-0.2, 0) is 6.54 Å². The van der Waals surface area contributed by atoms with E-state index in [4.69, 9.17) is 0 Å². The van der Waals surface area contributed by atoms with Gasteiger partial charge in [-0.2, -0.15) is 0 Å². The number of aromatic nitrogens is 4. The molecule has 2 N–H and O–H groups in total. The standard InChI is InChI=1S/C15H22N6O/c1-10-8-11(2)21-13(19-20-14(21)17-10)9-16-15(22)18-12-6-4-3-5-7-12/h8,12H,3-7,9H2,1-2H3,(H2,16,18,22). The Morgan fingerprint density at radius 1 is 1.27 bits per heavy atom. The lowest BCUT2D eigenvalue weighted by atomic mass is 9.96. The lowest BCUT2D eigenvalue weighted by molar-refractivity contribution is 0.232.